The normalized spacial score (nSPS) is 12.1. The maximum atomic E-state index is 12.6. The highest BCUT2D eigenvalue weighted by atomic mass is 32.2. The number of aromatic nitrogens is 3. The van der Waals surface area contributed by atoms with Gasteiger partial charge in [0.15, 0.2) is 0 Å². The van der Waals surface area contributed by atoms with Gasteiger partial charge in [0.2, 0.25) is 11.0 Å². The van der Waals surface area contributed by atoms with Crippen LogP contribution >= 0.6 is 11.3 Å². The van der Waals surface area contributed by atoms with Gasteiger partial charge in [0.05, 0.1) is 33.3 Å². The number of sulfone groups is 1. The van der Waals surface area contributed by atoms with E-state index in [-0.39, 0.29) is 23.3 Å². The van der Waals surface area contributed by atoms with Gasteiger partial charge in [0.1, 0.15) is 9.84 Å². The second kappa shape index (κ2) is 10.4. The van der Waals surface area contributed by atoms with Gasteiger partial charge in [0, 0.05) is 36.2 Å². The van der Waals surface area contributed by atoms with Gasteiger partial charge < -0.3 is 9.73 Å². The molecule has 3 heterocycles. The van der Waals surface area contributed by atoms with Crippen molar-refractivity contribution in [3.8, 4) is 21.8 Å². The summed E-state index contributed by atoms with van der Waals surface area (Å²) in [6.45, 7) is 4.27. The fourth-order valence-corrected chi connectivity index (χ4v) is 5.73. The number of nitrogens with zero attached hydrogens (tertiary/aromatic N) is 3. The van der Waals surface area contributed by atoms with Crippen LogP contribution in [0.25, 0.3) is 21.8 Å². The van der Waals surface area contributed by atoms with Crippen LogP contribution in [0.5, 0.6) is 0 Å². The quantitative estimate of drug-likeness (QED) is 0.298. The molecule has 0 amide bonds. The summed E-state index contributed by atoms with van der Waals surface area (Å²) in [5.41, 5.74) is 2.34. The molecule has 0 radical (unpaired) electrons. The third-order valence-electron chi connectivity index (χ3n) is 4.93. The molecule has 0 saturated heterocycles. The number of nitrogens with one attached hydrogen (secondary N) is 2. The molecule has 0 saturated carbocycles. The summed E-state index contributed by atoms with van der Waals surface area (Å²) < 4.78 is 55.6. The number of rotatable bonds is 10. The highest BCUT2D eigenvalue weighted by Gasteiger charge is 2.21. The van der Waals surface area contributed by atoms with Crippen LogP contribution in [0.3, 0.4) is 0 Å². The lowest BCUT2D eigenvalue weighted by molar-refractivity contribution is 0.452. The van der Waals surface area contributed by atoms with Gasteiger partial charge in [0.25, 0.3) is 10.0 Å². The van der Waals surface area contributed by atoms with Crippen LogP contribution in [0.15, 0.2) is 64.4 Å². The molecule has 0 aliphatic heterocycles. The molecule has 13 heteroatoms. The van der Waals surface area contributed by atoms with Gasteiger partial charge >= 0.3 is 0 Å². The zero-order valence-electron chi connectivity index (χ0n) is 19.8. The lowest BCUT2D eigenvalue weighted by Gasteiger charge is -2.09. The van der Waals surface area contributed by atoms with Crippen LogP contribution in [0.4, 0.5) is 11.6 Å². The Morgan fingerprint density at radius 2 is 1.86 bits per heavy atom. The first kappa shape index (κ1) is 25.8. The SMILES string of the molecule is CC(C)c1nc(-c2cccc(NS(=O)(=O)c3ccco3)c2)c(-c2ccnc(NCCS(C)(=O)=O)n2)s1. The maximum absolute atomic E-state index is 12.6. The molecule has 0 aliphatic carbocycles. The molecule has 4 aromatic rings. The number of hydrogen-bond donors (Lipinski definition) is 2. The third kappa shape index (κ3) is 6.28. The molecule has 4 rings (SSSR count). The molecule has 0 aliphatic rings. The molecule has 0 atom stereocenters. The summed E-state index contributed by atoms with van der Waals surface area (Å²) in [4.78, 5) is 14.4. The number of anilines is 2. The average molecular weight is 548 g/mol. The Balaban J connectivity index is 1.68. The van der Waals surface area contributed by atoms with Crippen LogP contribution < -0.4 is 10.0 Å². The van der Waals surface area contributed by atoms with Crippen LogP contribution in [-0.2, 0) is 19.9 Å². The first-order valence-electron chi connectivity index (χ1n) is 10.9. The van der Waals surface area contributed by atoms with Crippen LogP contribution in [0.2, 0.25) is 0 Å². The fourth-order valence-electron chi connectivity index (χ4n) is 3.22. The number of thiazole rings is 1. The van der Waals surface area contributed by atoms with E-state index in [0.717, 1.165) is 9.88 Å². The topological polar surface area (TPSA) is 144 Å². The van der Waals surface area contributed by atoms with E-state index in [2.05, 4.69) is 20.0 Å². The first-order chi connectivity index (χ1) is 17.0. The summed E-state index contributed by atoms with van der Waals surface area (Å²) in [6, 6.07) is 11.6. The molecule has 0 bridgehead atoms. The predicted molar refractivity (Wildman–Crippen MR) is 140 cm³/mol. The van der Waals surface area contributed by atoms with Crippen molar-refractivity contribution in [2.45, 2.75) is 24.9 Å². The van der Waals surface area contributed by atoms with Crippen LogP contribution in [-0.4, -0.2) is 50.3 Å². The van der Waals surface area contributed by atoms with E-state index in [1.165, 1.54) is 36.0 Å². The predicted octanol–water partition coefficient (Wildman–Crippen LogP) is 4.24. The maximum Gasteiger partial charge on any atom is 0.295 e. The highest BCUT2D eigenvalue weighted by Crippen LogP contribution is 2.39. The standard InChI is InChI=1S/C23H25N5O5S3/c1-15(2)22-27-20(16-6-4-7-17(14-16)28-36(31,32)19-8-5-12-33-19)21(34-22)18-9-10-24-23(26-18)25-11-13-35(3,29)30/h4-10,12,14-15,28H,11,13H2,1-3H3,(H,24,25,26). The summed E-state index contributed by atoms with van der Waals surface area (Å²) in [7, 11) is -6.99. The second-order valence-electron chi connectivity index (χ2n) is 8.33. The van der Waals surface area contributed by atoms with E-state index in [4.69, 9.17) is 9.40 Å². The van der Waals surface area contributed by atoms with Crippen molar-refractivity contribution in [2.75, 3.05) is 28.6 Å². The molecule has 3 aromatic heterocycles. The lowest BCUT2D eigenvalue weighted by Crippen LogP contribution is -2.15. The second-order valence-corrected chi connectivity index (χ2v) is 13.2. The zero-order valence-corrected chi connectivity index (χ0v) is 22.2. The van der Waals surface area contributed by atoms with Crippen molar-refractivity contribution in [1.82, 2.24) is 15.0 Å². The van der Waals surface area contributed by atoms with E-state index in [1.807, 2.05) is 19.9 Å². The Morgan fingerprint density at radius 1 is 1.06 bits per heavy atom. The molecule has 2 N–H and O–H groups in total. The summed E-state index contributed by atoms with van der Waals surface area (Å²) >= 11 is 1.49. The third-order valence-corrected chi connectivity index (χ3v) is 8.52. The Hall–Kier alpha value is -3.29. The van der Waals surface area contributed by atoms with Crippen molar-refractivity contribution in [3.05, 3.63) is 59.9 Å². The van der Waals surface area contributed by atoms with E-state index >= 15 is 0 Å². The lowest BCUT2D eigenvalue weighted by atomic mass is 10.1. The van der Waals surface area contributed by atoms with E-state index in [1.54, 1.807) is 30.5 Å². The molecule has 36 heavy (non-hydrogen) atoms. The largest absolute Gasteiger partial charge is 0.451 e. The highest BCUT2D eigenvalue weighted by molar-refractivity contribution is 7.92. The Bertz CT molecular complexity index is 1560. The van der Waals surface area contributed by atoms with Gasteiger partial charge in [-0.2, -0.15) is 8.42 Å². The Labute approximate surface area is 213 Å². The molecular weight excluding hydrogens is 522 g/mol. The number of sulfonamides is 1. The summed E-state index contributed by atoms with van der Waals surface area (Å²) in [6.07, 6.45) is 4.06. The minimum absolute atomic E-state index is 0.0371. The van der Waals surface area contributed by atoms with Crippen molar-refractivity contribution in [2.24, 2.45) is 0 Å². The van der Waals surface area contributed by atoms with Gasteiger partial charge in [-0.3, -0.25) is 4.72 Å². The van der Waals surface area contributed by atoms with E-state index in [0.29, 0.717) is 28.6 Å². The summed E-state index contributed by atoms with van der Waals surface area (Å²) in [5.74, 6) is 0.434. The molecule has 0 unspecified atom stereocenters. The van der Waals surface area contributed by atoms with E-state index in [9.17, 15) is 16.8 Å². The van der Waals surface area contributed by atoms with E-state index < -0.39 is 19.9 Å². The number of furan rings is 1. The molecular formula is C23H25N5O5S3. The van der Waals surface area contributed by atoms with Crippen LogP contribution in [0.1, 0.15) is 24.8 Å². The fraction of sp³-hybridized carbons (Fsp3) is 0.261. The van der Waals surface area contributed by atoms with Crippen molar-refractivity contribution < 1.29 is 21.3 Å². The molecule has 1 aromatic carbocycles. The Kier molecular flexibility index (Phi) is 7.43. The van der Waals surface area contributed by atoms with Gasteiger partial charge in [-0.25, -0.2) is 23.4 Å². The monoisotopic (exact) mass is 547 g/mol. The zero-order chi connectivity index (χ0) is 25.9. The van der Waals surface area contributed by atoms with Gasteiger partial charge in [-0.15, -0.1) is 11.3 Å². The van der Waals surface area contributed by atoms with Crippen molar-refractivity contribution in [1.29, 1.82) is 0 Å². The first-order valence-corrected chi connectivity index (χ1v) is 15.3. The Morgan fingerprint density at radius 3 is 2.56 bits per heavy atom. The smallest absolute Gasteiger partial charge is 0.295 e. The molecule has 10 nitrogen and oxygen atoms in total. The molecule has 190 valence electrons. The molecule has 0 fully saturated rings. The van der Waals surface area contributed by atoms with Crippen molar-refractivity contribution >= 4 is 42.8 Å². The molecule has 0 spiro atoms. The number of benzene rings is 1. The van der Waals surface area contributed by atoms with Crippen LogP contribution in [0, 0.1) is 0 Å². The average Bonchev–Trinajstić information content (AvgIpc) is 3.50. The van der Waals surface area contributed by atoms with Crippen molar-refractivity contribution in [3.63, 3.8) is 0 Å². The van der Waals surface area contributed by atoms with Gasteiger partial charge in [-0.05, 0) is 30.3 Å². The summed E-state index contributed by atoms with van der Waals surface area (Å²) in [5, 5.41) is 3.66. The minimum atomic E-state index is -3.87. The minimum Gasteiger partial charge on any atom is -0.451 e. The van der Waals surface area contributed by atoms with Gasteiger partial charge in [-0.1, -0.05) is 26.0 Å². The number of hydrogen-bond acceptors (Lipinski definition) is 10.